The number of hydrogen-bond donors (Lipinski definition) is 1. The molecule has 0 aliphatic heterocycles. The van der Waals surface area contributed by atoms with Gasteiger partial charge >= 0.3 is 0 Å². The van der Waals surface area contributed by atoms with Gasteiger partial charge in [0.25, 0.3) is 5.22 Å². The minimum absolute atomic E-state index is 0.155. The van der Waals surface area contributed by atoms with Gasteiger partial charge < -0.3 is 9.73 Å². The Balaban J connectivity index is 1.52. The summed E-state index contributed by atoms with van der Waals surface area (Å²) in [6.07, 6.45) is 0. The number of thioether (sulfide) groups is 1. The number of carbonyl (C=O) groups excluding carboxylic acids is 1. The van der Waals surface area contributed by atoms with Crippen LogP contribution in [-0.2, 0) is 4.79 Å². The maximum absolute atomic E-state index is 12.9. The van der Waals surface area contributed by atoms with Crippen molar-refractivity contribution in [1.82, 2.24) is 15.5 Å². The Hall–Kier alpha value is -2.67. The first kappa shape index (κ1) is 17.2. The molecular weight excluding hydrogens is 341 g/mol. The molecule has 128 valence electrons. The Morgan fingerprint density at radius 1 is 1.16 bits per heavy atom. The van der Waals surface area contributed by atoms with E-state index in [4.69, 9.17) is 4.42 Å². The third-order valence-electron chi connectivity index (χ3n) is 3.50. The van der Waals surface area contributed by atoms with Crippen molar-refractivity contribution in [2.75, 3.05) is 5.75 Å². The second-order valence-electron chi connectivity index (χ2n) is 5.37. The van der Waals surface area contributed by atoms with Gasteiger partial charge in [-0.15, -0.1) is 10.2 Å². The summed E-state index contributed by atoms with van der Waals surface area (Å²) in [7, 11) is 0. The molecule has 1 N–H and O–H groups in total. The van der Waals surface area contributed by atoms with Crippen LogP contribution in [0.15, 0.2) is 64.2 Å². The van der Waals surface area contributed by atoms with Gasteiger partial charge in [0.1, 0.15) is 5.82 Å². The number of nitrogens with one attached hydrogen (secondary N) is 1. The average Bonchev–Trinajstić information content (AvgIpc) is 3.10. The maximum atomic E-state index is 12.9. The molecule has 0 saturated heterocycles. The largest absolute Gasteiger partial charge is 0.411 e. The second-order valence-corrected chi connectivity index (χ2v) is 6.30. The molecule has 1 heterocycles. The van der Waals surface area contributed by atoms with Crippen molar-refractivity contribution >= 4 is 17.7 Å². The topological polar surface area (TPSA) is 68.0 Å². The molecule has 1 atom stereocenters. The standard InChI is InChI=1S/C18H16FN3O2S/c1-12(13-7-9-15(19)10-8-13)20-16(23)11-25-18-22-21-17(24-18)14-5-3-2-4-6-14/h2-10,12H,11H2,1H3,(H,20,23). The average molecular weight is 357 g/mol. The predicted molar refractivity (Wildman–Crippen MR) is 93.4 cm³/mol. The van der Waals surface area contributed by atoms with Crippen LogP contribution in [0, 0.1) is 5.82 Å². The number of nitrogens with zero attached hydrogens (tertiary/aromatic N) is 2. The van der Waals surface area contributed by atoms with Gasteiger partial charge in [-0.1, -0.05) is 42.1 Å². The van der Waals surface area contributed by atoms with E-state index >= 15 is 0 Å². The first-order chi connectivity index (χ1) is 12.1. The summed E-state index contributed by atoms with van der Waals surface area (Å²) >= 11 is 1.17. The number of rotatable bonds is 6. The van der Waals surface area contributed by atoms with Gasteiger partial charge in [-0.2, -0.15) is 0 Å². The van der Waals surface area contributed by atoms with Crippen molar-refractivity contribution in [2.24, 2.45) is 0 Å². The van der Waals surface area contributed by atoms with Crippen LogP contribution in [-0.4, -0.2) is 21.9 Å². The summed E-state index contributed by atoms with van der Waals surface area (Å²) in [5.74, 6) is 0.106. The zero-order valence-electron chi connectivity index (χ0n) is 13.5. The van der Waals surface area contributed by atoms with Gasteiger partial charge in [0, 0.05) is 5.56 Å². The van der Waals surface area contributed by atoms with Crippen LogP contribution in [0.1, 0.15) is 18.5 Å². The Morgan fingerprint density at radius 3 is 2.60 bits per heavy atom. The SMILES string of the molecule is CC(NC(=O)CSc1nnc(-c2ccccc2)o1)c1ccc(F)cc1. The van der Waals surface area contributed by atoms with Gasteiger partial charge in [0.05, 0.1) is 11.8 Å². The molecular formula is C18H16FN3O2S. The molecule has 0 saturated carbocycles. The highest BCUT2D eigenvalue weighted by atomic mass is 32.2. The number of hydrogen-bond acceptors (Lipinski definition) is 5. The fourth-order valence-corrected chi connectivity index (χ4v) is 2.79. The summed E-state index contributed by atoms with van der Waals surface area (Å²) in [6, 6.07) is 15.3. The molecule has 0 aliphatic carbocycles. The number of halogens is 1. The van der Waals surface area contributed by atoms with E-state index < -0.39 is 0 Å². The summed E-state index contributed by atoms with van der Waals surface area (Å²) in [6.45, 7) is 1.84. The van der Waals surface area contributed by atoms with Gasteiger partial charge in [0.15, 0.2) is 0 Å². The van der Waals surface area contributed by atoms with Crippen LogP contribution >= 0.6 is 11.8 Å². The van der Waals surface area contributed by atoms with Crippen molar-refractivity contribution in [1.29, 1.82) is 0 Å². The molecule has 0 aliphatic rings. The van der Waals surface area contributed by atoms with E-state index in [-0.39, 0.29) is 23.5 Å². The number of aromatic nitrogens is 2. The van der Waals surface area contributed by atoms with Gasteiger partial charge in [-0.05, 0) is 36.8 Å². The molecule has 0 bridgehead atoms. The maximum Gasteiger partial charge on any atom is 0.277 e. The smallest absolute Gasteiger partial charge is 0.277 e. The summed E-state index contributed by atoms with van der Waals surface area (Å²) in [5, 5.41) is 11.1. The minimum atomic E-state index is -0.302. The molecule has 0 spiro atoms. The lowest BCUT2D eigenvalue weighted by Crippen LogP contribution is -2.28. The Bertz CT molecular complexity index is 837. The van der Waals surface area contributed by atoms with E-state index in [9.17, 15) is 9.18 Å². The number of benzene rings is 2. The van der Waals surface area contributed by atoms with Crippen LogP contribution in [0.4, 0.5) is 4.39 Å². The fraction of sp³-hybridized carbons (Fsp3) is 0.167. The highest BCUT2D eigenvalue weighted by molar-refractivity contribution is 7.99. The molecule has 0 fully saturated rings. The summed E-state index contributed by atoms with van der Waals surface area (Å²) in [4.78, 5) is 12.0. The van der Waals surface area contributed by atoms with Crippen molar-refractivity contribution < 1.29 is 13.6 Å². The lowest BCUT2D eigenvalue weighted by atomic mass is 10.1. The van der Waals surface area contributed by atoms with E-state index in [0.717, 1.165) is 11.1 Å². The zero-order valence-corrected chi connectivity index (χ0v) is 14.3. The fourth-order valence-electron chi connectivity index (χ4n) is 2.21. The van der Waals surface area contributed by atoms with Crippen LogP contribution in [0.2, 0.25) is 0 Å². The second kappa shape index (κ2) is 7.94. The highest BCUT2D eigenvalue weighted by Gasteiger charge is 2.13. The van der Waals surface area contributed by atoms with Crippen LogP contribution in [0.3, 0.4) is 0 Å². The molecule has 3 rings (SSSR count). The first-order valence-electron chi connectivity index (χ1n) is 7.68. The molecule has 5 nitrogen and oxygen atoms in total. The molecule has 1 unspecified atom stereocenters. The molecule has 1 amide bonds. The van der Waals surface area contributed by atoms with Crippen LogP contribution in [0.5, 0.6) is 0 Å². The van der Waals surface area contributed by atoms with Crippen LogP contribution in [0.25, 0.3) is 11.5 Å². The molecule has 7 heteroatoms. The van der Waals surface area contributed by atoms with E-state index in [1.807, 2.05) is 37.3 Å². The third kappa shape index (κ3) is 4.67. The number of carbonyl (C=O) groups is 1. The lowest BCUT2D eigenvalue weighted by molar-refractivity contribution is -0.119. The van der Waals surface area contributed by atoms with Crippen molar-refractivity contribution in [3.63, 3.8) is 0 Å². The molecule has 3 aromatic rings. The lowest BCUT2D eigenvalue weighted by Gasteiger charge is -2.13. The Morgan fingerprint density at radius 2 is 1.88 bits per heavy atom. The van der Waals surface area contributed by atoms with E-state index in [1.165, 1.54) is 23.9 Å². The van der Waals surface area contributed by atoms with Crippen LogP contribution < -0.4 is 5.32 Å². The first-order valence-corrected chi connectivity index (χ1v) is 8.67. The minimum Gasteiger partial charge on any atom is -0.411 e. The molecule has 1 aromatic heterocycles. The molecule has 25 heavy (non-hydrogen) atoms. The molecule has 0 radical (unpaired) electrons. The van der Waals surface area contributed by atoms with Crippen molar-refractivity contribution in [3.8, 4) is 11.5 Å². The van der Waals surface area contributed by atoms with Gasteiger partial charge in [-0.3, -0.25) is 4.79 Å². The Labute approximate surface area is 148 Å². The van der Waals surface area contributed by atoms with Gasteiger partial charge in [0.2, 0.25) is 11.8 Å². The summed E-state index contributed by atoms with van der Waals surface area (Å²) in [5.41, 5.74) is 1.67. The summed E-state index contributed by atoms with van der Waals surface area (Å²) < 4.78 is 18.5. The Kier molecular flexibility index (Phi) is 5.45. The third-order valence-corrected chi connectivity index (χ3v) is 4.32. The monoisotopic (exact) mass is 357 g/mol. The van der Waals surface area contributed by atoms with E-state index in [0.29, 0.717) is 11.1 Å². The van der Waals surface area contributed by atoms with Crippen molar-refractivity contribution in [3.05, 3.63) is 66.0 Å². The number of amides is 1. The van der Waals surface area contributed by atoms with Gasteiger partial charge in [-0.25, -0.2) is 4.39 Å². The van der Waals surface area contributed by atoms with E-state index in [1.54, 1.807) is 12.1 Å². The zero-order chi connectivity index (χ0) is 17.6. The van der Waals surface area contributed by atoms with Crippen molar-refractivity contribution in [2.45, 2.75) is 18.2 Å². The molecule has 2 aromatic carbocycles. The quantitative estimate of drug-likeness (QED) is 0.679. The highest BCUT2D eigenvalue weighted by Crippen LogP contribution is 2.23. The normalized spacial score (nSPS) is 11.9. The predicted octanol–water partition coefficient (Wildman–Crippen LogP) is 3.85. The van der Waals surface area contributed by atoms with E-state index in [2.05, 4.69) is 15.5 Å².